The quantitative estimate of drug-likeness (QED) is 0.472. The van der Waals surface area contributed by atoms with E-state index in [1.807, 2.05) is 0 Å². The lowest BCUT2D eigenvalue weighted by atomic mass is 10.2. The predicted octanol–water partition coefficient (Wildman–Crippen LogP) is 3.19. The zero-order valence-electron chi connectivity index (χ0n) is 13.1. The third-order valence-corrected chi connectivity index (χ3v) is 4.50. The highest BCUT2D eigenvalue weighted by Crippen LogP contribution is 2.24. The van der Waals surface area contributed by atoms with Gasteiger partial charge in [0, 0.05) is 27.6 Å². The topological polar surface area (TPSA) is 101 Å². The van der Waals surface area contributed by atoms with Crippen LogP contribution in [0, 0.1) is 10.1 Å². The fourth-order valence-corrected chi connectivity index (χ4v) is 2.79. The molecule has 0 saturated carbocycles. The number of halogens is 1. The lowest BCUT2D eigenvalue weighted by Crippen LogP contribution is -2.44. The van der Waals surface area contributed by atoms with Crippen LogP contribution < -0.4 is 10.9 Å². The standard InChI is InChI=1S/C16H14ClN3O4S/c1-10(25-14-8-4-12(17)5-9-14)15(21)18-19-16(22)11-2-6-13(7-3-11)20(23)24/h2-10H,1H3,(H,18,21)(H,19,22). The van der Waals surface area contributed by atoms with E-state index in [-0.39, 0.29) is 17.2 Å². The second-order valence-corrected chi connectivity index (χ2v) is 6.81. The van der Waals surface area contributed by atoms with E-state index in [0.29, 0.717) is 5.02 Å². The van der Waals surface area contributed by atoms with Crippen molar-refractivity contribution in [1.29, 1.82) is 0 Å². The third-order valence-electron chi connectivity index (χ3n) is 3.14. The number of hydrogen-bond donors (Lipinski definition) is 2. The van der Waals surface area contributed by atoms with E-state index in [4.69, 9.17) is 11.6 Å². The van der Waals surface area contributed by atoms with Crippen LogP contribution in [0.15, 0.2) is 53.4 Å². The highest BCUT2D eigenvalue weighted by atomic mass is 35.5. The Hall–Kier alpha value is -2.58. The van der Waals surface area contributed by atoms with Gasteiger partial charge < -0.3 is 0 Å². The first kappa shape index (κ1) is 18.8. The average molecular weight is 380 g/mol. The van der Waals surface area contributed by atoms with Crippen LogP contribution >= 0.6 is 23.4 Å². The number of amides is 2. The van der Waals surface area contributed by atoms with Gasteiger partial charge in [-0.3, -0.25) is 30.6 Å². The summed E-state index contributed by atoms with van der Waals surface area (Å²) in [7, 11) is 0. The normalized spacial score (nSPS) is 11.4. The summed E-state index contributed by atoms with van der Waals surface area (Å²) in [6.07, 6.45) is 0. The summed E-state index contributed by atoms with van der Waals surface area (Å²) >= 11 is 7.12. The van der Waals surface area contributed by atoms with Crippen LogP contribution in [0.5, 0.6) is 0 Å². The molecular weight excluding hydrogens is 366 g/mol. The Bertz CT molecular complexity index is 781. The molecule has 0 heterocycles. The molecule has 0 spiro atoms. The largest absolute Gasteiger partial charge is 0.272 e. The van der Waals surface area contributed by atoms with Crippen molar-refractivity contribution in [3.63, 3.8) is 0 Å². The van der Waals surface area contributed by atoms with Crippen LogP contribution in [0.2, 0.25) is 5.02 Å². The number of nitro benzene ring substituents is 1. The molecule has 2 amide bonds. The number of nitrogens with one attached hydrogen (secondary N) is 2. The van der Waals surface area contributed by atoms with E-state index in [1.165, 1.54) is 36.0 Å². The van der Waals surface area contributed by atoms with E-state index >= 15 is 0 Å². The van der Waals surface area contributed by atoms with Crippen molar-refractivity contribution in [2.24, 2.45) is 0 Å². The van der Waals surface area contributed by atoms with Crippen LogP contribution in [0.1, 0.15) is 17.3 Å². The number of thioether (sulfide) groups is 1. The Morgan fingerprint density at radius 2 is 1.68 bits per heavy atom. The Balaban J connectivity index is 1.86. The molecule has 2 aromatic rings. The lowest BCUT2D eigenvalue weighted by Gasteiger charge is -2.12. The number of hydrogen-bond acceptors (Lipinski definition) is 5. The zero-order chi connectivity index (χ0) is 18.4. The summed E-state index contributed by atoms with van der Waals surface area (Å²) in [6.45, 7) is 1.70. The van der Waals surface area contributed by atoms with Crippen molar-refractivity contribution in [3.05, 3.63) is 69.2 Å². The molecule has 130 valence electrons. The molecule has 0 radical (unpaired) electrons. The number of benzene rings is 2. The Morgan fingerprint density at radius 1 is 1.08 bits per heavy atom. The summed E-state index contributed by atoms with van der Waals surface area (Å²) in [5, 5.41) is 10.7. The van der Waals surface area contributed by atoms with E-state index in [9.17, 15) is 19.7 Å². The first-order chi connectivity index (χ1) is 11.9. The van der Waals surface area contributed by atoms with Crippen molar-refractivity contribution in [2.45, 2.75) is 17.1 Å². The van der Waals surface area contributed by atoms with Crippen molar-refractivity contribution in [3.8, 4) is 0 Å². The molecule has 0 aliphatic carbocycles. The van der Waals surface area contributed by atoms with Gasteiger partial charge in [0.2, 0.25) is 0 Å². The highest BCUT2D eigenvalue weighted by molar-refractivity contribution is 8.00. The van der Waals surface area contributed by atoms with Crippen molar-refractivity contribution in [1.82, 2.24) is 10.9 Å². The maximum Gasteiger partial charge on any atom is 0.269 e. The monoisotopic (exact) mass is 379 g/mol. The molecule has 7 nitrogen and oxygen atoms in total. The van der Waals surface area contributed by atoms with E-state index < -0.39 is 16.1 Å². The summed E-state index contributed by atoms with van der Waals surface area (Å²) < 4.78 is 0. The molecule has 1 unspecified atom stereocenters. The maximum atomic E-state index is 12.0. The molecule has 0 saturated heterocycles. The number of hydrazine groups is 1. The SMILES string of the molecule is CC(Sc1ccc(Cl)cc1)C(=O)NNC(=O)c1ccc([N+](=O)[O-])cc1. The van der Waals surface area contributed by atoms with Crippen LogP contribution in [-0.4, -0.2) is 22.0 Å². The molecule has 25 heavy (non-hydrogen) atoms. The smallest absolute Gasteiger partial charge is 0.269 e. The lowest BCUT2D eigenvalue weighted by molar-refractivity contribution is -0.384. The molecule has 0 aliphatic rings. The molecule has 2 aromatic carbocycles. The van der Waals surface area contributed by atoms with Crippen molar-refractivity contribution >= 4 is 40.9 Å². The van der Waals surface area contributed by atoms with Crippen molar-refractivity contribution < 1.29 is 14.5 Å². The Labute approximate surface area is 152 Å². The van der Waals surface area contributed by atoms with E-state index in [0.717, 1.165) is 4.90 Å². The van der Waals surface area contributed by atoms with Crippen LogP contribution in [0.25, 0.3) is 0 Å². The summed E-state index contributed by atoms with van der Waals surface area (Å²) in [6, 6.07) is 12.1. The second-order valence-electron chi connectivity index (χ2n) is 4.96. The highest BCUT2D eigenvalue weighted by Gasteiger charge is 2.16. The van der Waals surface area contributed by atoms with Gasteiger partial charge in [0.25, 0.3) is 17.5 Å². The maximum absolute atomic E-state index is 12.0. The van der Waals surface area contributed by atoms with E-state index in [1.54, 1.807) is 31.2 Å². The van der Waals surface area contributed by atoms with Crippen LogP contribution in [0.3, 0.4) is 0 Å². The zero-order valence-corrected chi connectivity index (χ0v) is 14.6. The summed E-state index contributed by atoms with van der Waals surface area (Å²) in [5.74, 6) is -0.942. The number of carbonyl (C=O) groups is 2. The predicted molar refractivity (Wildman–Crippen MR) is 95.5 cm³/mol. The average Bonchev–Trinajstić information content (AvgIpc) is 2.61. The number of rotatable bonds is 5. The van der Waals surface area contributed by atoms with Gasteiger partial charge in [0.15, 0.2) is 0 Å². The summed E-state index contributed by atoms with van der Waals surface area (Å²) in [4.78, 5) is 34.9. The van der Waals surface area contributed by atoms with Gasteiger partial charge in [0.1, 0.15) is 0 Å². The minimum atomic E-state index is -0.563. The molecule has 0 aromatic heterocycles. The van der Waals surface area contributed by atoms with Crippen LogP contribution in [-0.2, 0) is 4.79 Å². The minimum absolute atomic E-state index is 0.117. The van der Waals surface area contributed by atoms with Gasteiger partial charge in [0.05, 0.1) is 10.2 Å². The second kappa shape index (κ2) is 8.50. The van der Waals surface area contributed by atoms with Gasteiger partial charge in [-0.25, -0.2) is 0 Å². The molecule has 0 bridgehead atoms. The first-order valence-corrected chi connectivity index (χ1v) is 8.39. The Morgan fingerprint density at radius 3 is 2.24 bits per heavy atom. The number of nitro groups is 1. The molecule has 2 N–H and O–H groups in total. The molecule has 0 aliphatic heterocycles. The third kappa shape index (κ3) is 5.47. The van der Waals surface area contributed by atoms with Gasteiger partial charge in [-0.2, -0.15) is 0 Å². The molecule has 2 rings (SSSR count). The summed E-state index contributed by atoms with van der Waals surface area (Å²) in [5.41, 5.74) is 4.69. The fourth-order valence-electron chi connectivity index (χ4n) is 1.80. The number of carbonyl (C=O) groups excluding carboxylic acids is 2. The van der Waals surface area contributed by atoms with Gasteiger partial charge >= 0.3 is 0 Å². The molecular formula is C16H14ClN3O4S. The van der Waals surface area contributed by atoms with E-state index in [2.05, 4.69) is 10.9 Å². The minimum Gasteiger partial charge on any atom is -0.272 e. The first-order valence-electron chi connectivity index (χ1n) is 7.13. The van der Waals surface area contributed by atoms with Gasteiger partial charge in [-0.15, -0.1) is 11.8 Å². The molecule has 1 atom stereocenters. The van der Waals surface area contributed by atoms with Gasteiger partial charge in [-0.1, -0.05) is 11.6 Å². The van der Waals surface area contributed by atoms with Gasteiger partial charge in [-0.05, 0) is 43.3 Å². The Kier molecular flexibility index (Phi) is 6.37. The number of non-ortho nitro benzene ring substituents is 1. The van der Waals surface area contributed by atoms with Crippen LogP contribution in [0.4, 0.5) is 5.69 Å². The number of nitrogens with zero attached hydrogens (tertiary/aromatic N) is 1. The molecule has 9 heteroatoms. The van der Waals surface area contributed by atoms with Crippen molar-refractivity contribution in [2.75, 3.05) is 0 Å². The fraction of sp³-hybridized carbons (Fsp3) is 0.125. The molecule has 0 fully saturated rings.